The van der Waals surface area contributed by atoms with Crippen LogP contribution in [0.3, 0.4) is 0 Å². The van der Waals surface area contributed by atoms with Crippen molar-refractivity contribution in [3.63, 3.8) is 0 Å². The Kier molecular flexibility index (Phi) is 7.98. The average molecular weight is 453 g/mol. The van der Waals surface area contributed by atoms with Crippen LogP contribution < -0.4 is 10.2 Å². The molecule has 1 aliphatic heterocycles. The van der Waals surface area contributed by atoms with E-state index in [-0.39, 0.29) is 5.91 Å². The summed E-state index contributed by atoms with van der Waals surface area (Å²) < 4.78 is 1.90. The van der Waals surface area contributed by atoms with Gasteiger partial charge in [0.25, 0.3) is 0 Å². The smallest absolute Gasteiger partial charge is 0.220 e. The molecular weight excluding hydrogens is 420 g/mol. The van der Waals surface area contributed by atoms with Crippen molar-refractivity contribution in [3.8, 4) is 0 Å². The highest BCUT2D eigenvalue weighted by atomic mass is 32.2. The summed E-state index contributed by atoms with van der Waals surface area (Å²) in [6, 6.07) is 10.3. The molecule has 1 saturated heterocycles. The first-order valence-corrected chi connectivity index (χ1v) is 12.6. The SMILES string of the molecule is CCCSc1nc(N2CCCC2)c2cnn(CCNC(=O)CCCc3ccccc3)c2n1. The second-order valence-electron chi connectivity index (χ2n) is 8.17. The van der Waals surface area contributed by atoms with Crippen molar-refractivity contribution < 1.29 is 4.79 Å². The van der Waals surface area contributed by atoms with Gasteiger partial charge in [-0.25, -0.2) is 14.6 Å². The number of hydrogen-bond donors (Lipinski definition) is 1. The summed E-state index contributed by atoms with van der Waals surface area (Å²) in [5.74, 6) is 2.09. The standard InChI is InChI=1S/C24H32N6OS/c1-2-17-32-24-27-22(29-14-6-7-15-29)20-18-26-30(23(20)28-24)16-13-25-21(31)12-8-11-19-9-4-3-5-10-19/h3-5,9-10,18H,2,6-8,11-17H2,1H3,(H,25,31). The van der Waals surface area contributed by atoms with E-state index in [0.717, 1.165) is 60.1 Å². The van der Waals surface area contributed by atoms with Gasteiger partial charge in [-0.1, -0.05) is 49.0 Å². The van der Waals surface area contributed by atoms with Crippen molar-refractivity contribution in [1.82, 2.24) is 25.1 Å². The maximum atomic E-state index is 12.2. The number of rotatable bonds is 11. The van der Waals surface area contributed by atoms with E-state index in [4.69, 9.17) is 9.97 Å². The third kappa shape index (κ3) is 5.79. The van der Waals surface area contributed by atoms with Gasteiger partial charge in [0.2, 0.25) is 5.91 Å². The maximum Gasteiger partial charge on any atom is 0.220 e. The van der Waals surface area contributed by atoms with E-state index in [1.54, 1.807) is 11.8 Å². The zero-order chi connectivity index (χ0) is 22.2. The highest BCUT2D eigenvalue weighted by Gasteiger charge is 2.20. The van der Waals surface area contributed by atoms with Crippen molar-refractivity contribution in [2.45, 2.75) is 57.1 Å². The van der Waals surface area contributed by atoms with E-state index >= 15 is 0 Å². The highest BCUT2D eigenvalue weighted by molar-refractivity contribution is 7.99. The van der Waals surface area contributed by atoms with Gasteiger partial charge in [-0.3, -0.25) is 4.79 Å². The molecule has 3 heterocycles. The summed E-state index contributed by atoms with van der Waals surface area (Å²) in [6.07, 6.45) is 7.67. The fraction of sp³-hybridized carbons (Fsp3) is 0.500. The summed E-state index contributed by atoms with van der Waals surface area (Å²) in [6.45, 7) is 5.38. The first-order chi connectivity index (χ1) is 15.7. The van der Waals surface area contributed by atoms with Gasteiger partial charge in [0.15, 0.2) is 10.8 Å². The number of nitrogens with one attached hydrogen (secondary N) is 1. The van der Waals surface area contributed by atoms with Gasteiger partial charge in [-0.2, -0.15) is 5.10 Å². The van der Waals surface area contributed by atoms with Crippen LogP contribution in [-0.2, 0) is 17.8 Å². The minimum atomic E-state index is 0.0870. The molecule has 3 aromatic rings. The van der Waals surface area contributed by atoms with Crippen molar-refractivity contribution >= 4 is 34.5 Å². The number of anilines is 1. The molecule has 1 amide bonds. The maximum absolute atomic E-state index is 12.2. The molecule has 1 aliphatic rings. The fourth-order valence-electron chi connectivity index (χ4n) is 4.00. The van der Waals surface area contributed by atoms with Gasteiger partial charge in [0, 0.05) is 31.8 Å². The van der Waals surface area contributed by atoms with Crippen LogP contribution >= 0.6 is 11.8 Å². The molecule has 0 bridgehead atoms. The second-order valence-corrected chi connectivity index (χ2v) is 9.23. The molecule has 32 heavy (non-hydrogen) atoms. The number of hydrogen-bond acceptors (Lipinski definition) is 6. The van der Waals surface area contributed by atoms with Crippen molar-refractivity contribution in [2.75, 3.05) is 30.3 Å². The van der Waals surface area contributed by atoms with E-state index in [0.29, 0.717) is 19.5 Å². The number of fused-ring (bicyclic) bond motifs is 1. The summed E-state index contributed by atoms with van der Waals surface area (Å²) >= 11 is 1.70. The summed E-state index contributed by atoms with van der Waals surface area (Å²) in [7, 11) is 0. The fourth-order valence-corrected chi connectivity index (χ4v) is 4.69. The number of benzene rings is 1. The second kappa shape index (κ2) is 11.3. The van der Waals surface area contributed by atoms with Crippen LogP contribution in [0.5, 0.6) is 0 Å². The van der Waals surface area contributed by atoms with Crippen LogP contribution in [-0.4, -0.2) is 51.0 Å². The zero-order valence-corrected chi connectivity index (χ0v) is 19.6. The van der Waals surface area contributed by atoms with Crippen LogP contribution in [0, 0.1) is 0 Å². The molecule has 0 unspecified atom stereocenters. The number of carbonyl (C=O) groups is 1. The lowest BCUT2D eigenvalue weighted by atomic mass is 10.1. The topological polar surface area (TPSA) is 75.9 Å². The van der Waals surface area contributed by atoms with Crippen molar-refractivity contribution in [2.24, 2.45) is 0 Å². The Labute approximate surface area is 194 Å². The zero-order valence-electron chi connectivity index (χ0n) is 18.8. The Morgan fingerprint density at radius 3 is 2.75 bits per heavy atom. The van der Waals surface area contributed by atoms with Gasteiger partial charge >= 0.3 is 0 Å². The minimum absolute atomic E-state index is 0.0870. The molecule has 0 radical (unpaired) electrons. The molecular formula is C24H32N6OS. The Bertz CT molecular complexity index is 1020. The number of nitrogens with zero attached hydrogens (tertiary/aromatic N) is 5. The monoisotopic (exact) mass is 452 g/mol. The van der Waals surface area contributed by atoms with Gasteiger partial charge in [-0.15, -0.1) is 0 Å². The lowest BCUT2D eigenvalue weighted by molar-refractivity contribution is -0.121. The molecule has 1 fully saturated rings. The third-order valence-electron chi connectivity index (χ3n) is 5.65. The lowest BCUT2D eigenvalue weighted by Crippen LogP contribution is -2.27. The number of aryl methyl sites for hydroxylation is 1. The van der Waals surface area contributed by atoms with Gasteiger partial charge in [0.1, 0.15) is 5.82 Å². The van der Waals surface area contributed by atoms with E-state index < -0.39 is 0 Å². The summed E-state index contributed by atoms with van der Waals surface area (Å²) in [5.41, 5.74) is 2.13. The van der Waals surface area contributed by atoms with Crippen LogP contribution in [0.1, 0.15) is 44.6 Å². The molecule has 0 spiro atoms. The Morgan fingerprint density at radius 2 is 1.97 bits per heavy atom. The highest BCUT2D eigenvalue weighted by Crippen LogP contribution is 2.29. The first kappa shape index (κ1) is 22.6. The average Bonchev–Trinajstić information content (AvgIpc) is 3.49. The lowest BCUT2D eigenvalue weighted by Gasteiger charge is -2.18. The molecule has 0 aliphatic carbocycles. The van der Waals surface area contributed by atoms with Gasteiger partial charge in [0.05, 0.1) is 18.1 Å². The molecule has 0 saturated carbocycles. The number of thioether (sulfide) groups is 1. The molecule has 1 N–H and O–H groups in total. The number of aromatic nitrogens is 4. The van der Waals surface area contributed by atoms with E-state index in [1.807, 2.05) is 29.1 Å². The third-order valence-corrected chi connectivity index (χ3v) is 6.71. The quantitative estimate of drug-likeness (QED) is 0.349. The number of amides is 1. The van der Waals surface area contributed by atoms with Crippen molar-refractivity contribution in [3.05, 3.63) is 42.1 Å². The van der Waals surface area contributed by atoms with Crippen LogP contribution in [0.15, 0.2) is 41.7 Å². The van der Waals surface area contributed by atoms with E-state index in [1.165, 1.54) is 18.4 Å². The molecule has 1 aromatic carbocycles. The Hall–Kier alpha value is -2.61. The van der Waals surface area contributed by atoms with Crippen LogP contribution in [0.2, 0.25) is 0 Å². The predicted octanol–water partition coefficient (Wildman–Crippen LogP) is 4.07. The van der Waals surface area contributed by atoms with E-state index in [9.17, 15) is 4.79 Å². The molecule has 2 aromatic heterocycles. The molecule has 8 heteroatoms. The normalized spacial score (nSPS) is 13.7. The van der Waals surface area contributed by atoms with Gasteiger partial charge in [-0.05, 0) is 37.7 Å². The van der Waals surface area contributed by atoms with Gasteiger partial charge < -0.3 is 10.2 Å². The van der Waals surface area contributed by atoms with Crippen LogP contribution in [0.4, 0.5) is 5.82 Å². The van der Waals surface area contributed by atoms with Crippen molar-refractivity contribution in [1.29, 1.82) is 0 Å². The molecule has 0 atom stereocenters. The first-order valence-electron chi connectivity index (χ1n) is 11.7. The van der Waals surface area contributed by atoms with E-state index in [2.05, 4.69) is 34.4 Å². The van der Waals surface area contributed by atoms with Crippen LogP contribution in [0.25, 0.3) is 11.0 Å². The Balaban J connectivity index is 1.36. The summed E-state index contributed by atoms with van der Waals surface area (Å²) in [5, 5.41) is 9.42. The molecule has 7 nitrogen and oxygen atoms in total. The number of carbonyl (C=O) groups excluding carboxylic acids is 1. The Morgan fingerprint density at radius 1 is 1.16 bits per heavy atom. The largest absolute Gasteiger partial charge is 0.356 e. The molecule has 170 valence electrons. The predicted molar refractivity (Wildman–Crippen MR) is 130 cm³/mol. The summed E-state index contributed by atoms with van der Waals surface area (Å²) in [4.78, 5) is 24.3. The molecule has 4 rings (SSSR count). The minimum Gasteiger partial charge on any atom is -0.356 e.